The first-order valence-corrected chi connectivity index (χ1v) is 7.40. The number of rotatable bonds is 3. The second kappa shape index (κ2) is 5.10. The Morgan fingerprint density at radius 3 is 1.88 bits per heavy atom. The predicted molar refractivity (Wildman–Crippen MR) is 71.7 cm³/mol. The molecule has 0 saturated carbocycles. The van der Waals surface area contributed by atoms with Crippen LogP contribution in [0.3, 0.4) is 0 Å². The summed E-state index contributed by atoms with van der Waals surface area (Å²) >= 11 is 0. The first kappa shape index (κ1) is 11.8. The van der Waals surface area contributed by atoms with Gasteiger partial charge in [0.25, 0.3) is 0 Å². The van der Waals surface area contributed by atoms with Crippen LogP contribution in [0.2, 0.25) is 0 Å². The van der Waals surface area contributed by atoms with Gasteiger partial charge in [0, 0.05) is 0 Å². The van der Waals surface area contributed by atoms with Crippen molar-refractivity contribution in [2.75, 3.05) is 0 Å². The minimum absolute atomic E-state index is 0.590. The molecule has 0 saturated heterocycles. The van der Waals surface area contributed by atoms with Gasteiger partial charge in [-0.2, -0.15) is 0 Å². The van der Waals surface area contributed by atoms with Crippen molar-refractivity contribution in [2.24, 2.45) is 0 Å². The molecular formula is C14H14O2Si. The lowest BCUT2D eigenvalue weighted by atomic mass is 10.2. The quantitative estimate of drug-likeness (QED) is 0.802. The summed E-state index contributed by atoms with van der Waals surface area (Å²) < 4.78 is 0. The average Bonchev–Trinajstić information content (AvgIpc) is 2.39. The van der Waals surface area contributed by atoms with E-state index in [4.69, 9.17) is 0 Å². The Hall–Kier alpha value is -1.68. The van der Waals surface area contributed by atoms with E-state index < -0.39 is 8.56 Å². The lowest BCUT2D eigenvalue weighted by Crippen LogP contribution is -2.46. The zero-order chi connectivity index (χ0) is 12.1. The maximum Gasteiger partial charge on any atom is 0.394 e. The lowest BCUT2D eigenvalue weighted by Gasteiger charge is -2.13. The molecular weight excluding hydrogens is 228 g/mol. The van der Waals surface area contributed by atoms with E-state index in [1.807, 2.05) is 36.4 Å². The zero-order valence-corrected chi connectivity index (χ0v) is 10.3. The van der Waals surface area contributed by atoms with Crippen molar-refractivity contribution >= 4 is 19.8 Å². The van der Waals surface area contributed by atoms with Crippen LogP contribution in [0.15, 0.2) is 66.4 Å². The van der Waals surface area contributed by atoms with Crippen LogP contribution in [0.25, 0.3) is 6.08 Å². The predicted octanol–water partition coefficient (Wildman–Crippen LogP) is 1.57. The van der Waals surface area contributed by atoms with E-state index in [1.54, 1.807) is 30.3 Å². The van der Waals surface area contributed by atoms with E-state index in [2.05, 4.69) is 0 Å². The summed E-state index contributed by atoms with van der Waals surface area (Å²) in [5.74, 6) is 0. The molecule has 2 rings (SSSR count). The first-order chi connectivity index (χ1) is 8.18. The smallest absolute Gasteiger partial charge is 0.394 e. The molecule has 2 N–H and O–H groups in total. The number of hydrogen-bond acceptors (Lipinski definition) is 2. The van der Waals surface area contributed by atoms with Gasteiger partial charge < -0.3 is 9.59 Å². The van der Waals surface area contributed by atoms with Crippen LogP contribution >= 0.6 is 0 Å². The minimum Gasteiger partial charge on any atom is -0.404 e. The number of hydrogen-bond donors (Lipinski definition) is 2. The van der Waals surface area contributed by atoms with Crippen LogP contribution in [0, 0.1) is 0 Å². The summed E-state index contributed by atoms with van der Waals surface area (Å²) in [5.41, 5.74) is 2.47. The fourth-order valence-electron chi connectivity index (χ4n) is 1.56. The van der Waals surface area contributed by atoms with E-state index in [9.17, 15) is 9.59 Å². The standard InChI is InChI=1S/C14H14O2Si/c15-17(16,14-9-5-2-6-10-14)12-11-13-7-3-1-4-8-13/h1-12,15-16H/b12-11+. The molecule has 0 radical (unpaired) electrons. The van der Waals surface area contributed by atoms with E-state index >= 15 is 0 Å². The topological polar surface area (TPSA) is 40.5 Å². The van der Waals surface area contributed by atoms with Crippen LogP contribution in [-0.4, -0.2) is 18.2 Å². The van der Waals surface area contributed by atoms with Crippen LogP contribution in [0.1, 0.15) is 5.56 Å². The Morgan fingerprint density at radius 2 is 1.29 bits per heavy atom. The average molecular weight is 242 g/mol. The van der Waals surface area contributed by atoms with E-state index in [1.165, 1.54) is 5.70 Å². The highest BCUT2D eigenvalue weighted by Gasteiger charge is 2.27. The molecule has 2 aromatic carbocycles. The summed E-state index contributed by atoms with van der Waals surface area (Å²) in [6, 6.07) is 18.5. The molecule has 0 aromatic heterocycles. The van der Waals surface area contributed by atoms with Crippen molar-refractivity contribution in [1.29, 1.82) is 0 Å². The summed E-state index contributed by atoms with van der Waals surface area (Å²) in [6.07, 6.45) is 1.75. The van der Waals surface area contributed by atoms with Gasteiger partial charge in [0.1, 0.15) is 0 Å². The summed E-state index contributed by atoms with van der Waals surface area (Å²) in [7, 11) is -3.44. The fourth-order valence-corrected chi connectivity index (χ4v) is 2.86. The first-order valence-electron chi connectivity index (χ1n) is 5.43. The second-order valence-corrected chi connectivity index (χ2v) is 6.20. The molecule has 3 heteroatoms. The van der Waals surface area contributed by atoms with Gasteiger partial charge in [0.2, 0.25) is 0 Å². The molecule has 86 valence electrons. The van der Waals surface area contributed by atoms with Crippen LogP contribution < -0.4 is 5.19 Å². The van der Waals surface area contributed by atoms with Crippen molar-refractivity contribution in [3.63, 3.8) is 0 Å². The molecule has 0 aliphatic rings. The molecule has 0 bridgehead atoms. The van der Waals surface area contributed by atoms with Gasteiger partial charge in [0.05, 0.1) is 0 Å². The normalized spacial score (nSPS) is 11.9. The second-order valence-electron chi connectivity index (χ2n) is 3.84. The van der Waals surface area contributed by atoms with Crippen molar-refractivity contribution in [1.82, 2.24) is 0 Å². The van der Waals surface area contributed by atoms with E-state index in [0.717, 1.165) is 5.56 Å². The van der Waals surface area contributed by atoms with Gasteiger partial charge in [-0.1, -0.05) is 66.7 Å². The Bertz CT molecular complexity index is 492. The highest BCUT2D eigenvalue weighted by Crippen LogP contribution is 2.05. The zero-order valence-electron chi connectivity index (χ0n) is 9.32. The van der Waals surface area contributed by atoms with Gasteiger partial charge in [-0.05, 0) is 16.4 Å². The van der Waals surface area contributed by atoms with Crippen LogP contribution in [0.4, 0.5) is 0 Å². The van der Waals surface area contributed by atoms with E-state index in [0.29, 0.717) is 5.19 Å². The molecule has 2 aromatic rings. The fraction of sp³-hybridized carbons (Fsp3) is 0. The van der Waals surface area contributed by atoms with Gasteiger partial charge in [-0.25, -0.2) is 0 Å². The maximum atomic E-state index is 10.1. The van der Waals surface area contributed by atoms with Gasteiger partial charge in [-0.15, -0.1) is 0 Å². The molecule has 0 aliphatic carbocycles. The van der Waals surface area contributed by atoms with Crippen LogP contribution in [0.5, 0.6) is 0 Å². The third kappa shape index (κ3) is 3.14. The molecule has 0 fully saturated rings. The molecule has 2 nitrogen and oxygen atoms in total. The summed E-state index contributed by atoms with van der Waals surface area (Å²) in [4.78, 5) is 20.1. The van der Waals surface area contributed by atoms with Crippen molar-refractivity contribution < 1.29 is 9.59 Å². The van der Waals surface area contributed by atoms with Gasteiger partial charge in [-0.3, -0.25) is 0 Å². The monoisotopic (exact) mass is 242 g/mol. The minimum atomic E-state index is -3.44. The van der Waals surface area contributed by atoms with Gasteiger partial charge >= 0.3 is 8.56 Å². The van der Waals surface area contributed by atoms with E-state index in [-0.39, 0.29) is 0 Å². The molecule has 0 aliphatic heterocycles. The summed E-state index contributed by atoms with van der Waals surface area (Å²) in [6.45, 7) is 0. The molecule has 17 heavy (non-hydrogen) atoms. The highest BCUT2D eigenvalue weighted by molar-refractivity contribution is 6.83. The highest BCUT2D eigenvalue weighted by atomic mass is 28.4. The Labute approximate surface area is 102 Å². The lowest BCUT2D eigenvalue weighted by molar-refractivity contribution is 0.400. The SMILES string of the molecule is O[Si](O)(/C=C/c1ccccc1)c1ccccc1. The maximum absolute atomic E-state index is 10.1. The van der Waals surface area contributed by atoms with Crippen molar-refractivity contribution in [3.8, 4) is 0 Å². The Morgan fingerprint density at radius 1 is 0.765 bits per heavy atom. The third-order valence-electron chi connectivity index (χ3n) is 2.51. The summed E-state index contributed by atoms with van der Waals surface area (Å²) in [5, 5.41) is 0.590. The van der Waals surface area contributed by atoms with Crippen molar-refractivity contribution in [3.05, 3.63) is 71.9 Å². The molecule has 0 unspecified atom stereocenters. The Balaban J connectivity index is 2.21. The number of benzene rings is 2. The third-order valence-corrected chi connectivity index (χ3v) is 4.32. The van der Waals surface area contributed by atoms with Gasteiger partial charge in [0.15, 0.2) is 0 Å². The largest absolute Gasteiger partial charge is 0.404 e. The molecule has 0 heterocycles. The molecule has 0 amide bonds. The molecule has 0 spiro atoms. The van der Waals surface area contributed by atoms with Crippen molar-refractivity contribution in [2.45, 2.75) is 0 Å². The Kier molecular flexibility index (Phi) is 3.54. The molecule has 0 atom stereocenters. The van der Waals surface area contributed by atoms with Crippen LogP contribution in [-0.2, 0) is 0 Å².